The average Bonchev–Trinajstić information content (AvgIpc) is 3.41. The summed E-state index contributed by atoms with van der Waals surface area (Å²) in [7, 11) is 1.66. The minimum absolute atomic E-state index is 0.0703. The van der Waals surface area contributed by atoms with E-state index in [4.69, 9.17) is 4.74 Å². The monoisotopic (exact) mass is 316 g/mol. The van der Waals surface area contributed by atoms with Crippen LogP contribution in [0.5, 0.6) is 0 Å². The summed E-state index contributed by atoms with van der Waals surface area (Å²) in [6, 6.07) is 7.80. The van der Waals surface area contributed by atoms with Crippen molar-refractivity contribution in [1.29, 1.82) is 0 Å². The minimum atomic E-state index is 0.0703. The highest BCUT2D eigenvalue weighted by molar-refractivity contribution is 5.94. The molecular weight excluding hydrogens is 292 g/mol. The molecule has 0 spiro atoms. The number of rotatable bonds is 5. The highest BCUT2D eigenvalue weighted by Gasteiger charge is 2.32. The molecule has 5 nitrogen and oxygen atoms in total. The van der Waals surface area contributed by atoms with Gasteiger partial charge in [0.1, 0.15) is 0 Å². The predicted octanol–water partition coefficient (Wildman–Crippen LogP) is 1.96. The lowest BCUT2D eigenvalue weighted by atomic mass is 10.0. The van der Waals surface area contributed by atoms with E-state index >= 15 is 0 Å². The molecule has 2 amide bonds. The number of benzene rings is 1. The van der Waals surface area contributed by atoms with Gasteiger partial charge in [-0.25, -0.2) is 0 Å². The second-order valence-corrected chi connectivity index (χ2v) is 6.48. The summed E-state index contributed by atoms with van der Waals surface area (Å²) in [6.07, 6.45) is 3.74. The summed E-state index contributed by atoms with van der Waals surface area (Å²) in [5.41, 5.74) is 1.77. The third-order valence-electron chi connectivity index (χ3n) is 4.59. The number of amides is 2. The molecule has 1 N–H and O–H groups in total. The van der Waals surface area contributed by atoms with Crippen molar-refractivity contribution in [2.45, 2.75) is 38.3 Å². The number of nitrogens with one attached hydrogen (secondary N) is 1. The Labute approximate surface area is 137 Å². The van der Waals surface area contributed by atoms with Crippen LogP contribution in [0.2, 0.25) is 0 Å². The molecule has 0 atom stereocenters. The number of carbonyl (C=O) groups excluding carboxylic acids is 2. The highest BCUT2D eigenvalue weighted by atomic mass is 16.5. The van der Waals surface area contributed by atoms with Gasteiger partial charge in [0.15, 0.2) is 0 Å². The van der Waals surface area contributed by atoms with Crippen molar-refractivity contribution >= 4 is 11.8 Å². The maximum Gasteiger partial charge on any atom is 0.253 e. The van der Waals surface area contributed by atoms with Crippen LogP contribution in [0, 0.1) is 5.92 Å². The van der Waals surface area contributed by atoms with Crippen LogP contribution in [0.15, 0.2) is 24.3 Å². The number of hydrogen-bond acceptors (Lipinski definition) is 3. The molecule has 0 aromatic heterocycles. The molecule has 1 saturated heterocycles. The Kier molecular flexibility index (Phi) is 4.96. The van der Waals surface area contributed by atoms with Gasteiger partial charge in [-0.1, -0.05) is 12.1 Å². The summed E-state index contributed by atoms with van der Waals surface area (Å²) >= 11 is 0. The standard InChI is InChI=1S/C18H24N2O3/c1-23-12-13-2-4-15(5-3-13)18(22)20-10-8-16(9-11-20)19-17(21)14-6-7-14/h2-5,14,16H,6-12H2,1H3,(H,19,21). The van der Waals surface area contributed by atoms with Crippen LogP contribution in [0.25, 0.3) is 0 Å². The molecule has 3 rings (SSSR count). The van der Waals surface area contributed by atoms with E-state index in [1.165, 1.54) is 0 Å². The average molecular weight is 316 g/mol. The van der Waals surface area contributed by atoms with Crippen LogP contribution in [-0.4, -0.2) is 43.0 Å². The fourth-order valence-corrected chi connectivity index (χ4v) is 2.98. The van der Waals surface area contributed by atoms with E-state index in [0.717, 1.165) is 31.2 Å². The number of carbonyl (C=O) groups is 2. The molecule has 1 saturated carbocycles. The SMILES string of the molecule is COCc1ccc(C(=O)N2CCC(NC(=O)C3CC3)CC2)cc1. The second-order valence-electron chi connectivity index (χ2n) is 6.48. The summed E-state index contributed by atoms with van der Waals surface area (Å²) in [6.45, 7) is 1.96. The second kappa shape index (κ2) is 7.13. The van der Waals surface area contributed by atoms with E-state index in [2.05, 4.69) is 5.32 Å². The van der Waals surface area contributed by atoms with E-state index in [9.17, 15) is 9.59 Å². The summed E-state index contributed by atoms with van der Waals surface area (Å²) in [5.74, 6) is 0.518. The van der Waals surface area contributed by atoms with Crippen molar-refractivity contribution in [3.8, 4) is 0 Å². The van der Waals surface area contributed by atoms with Crippen LogP contribution in [-0.2, 0) is 16.1 Å². The summed E-state index contributed by atoms with van der Waals surface area (Å²) in [5, 5.41) is 3.11. The lowest BCUT2D eigenvalue weighted by Gasteiger charge is -2.32. The van der Waals surface area contributed by atoms with Gasteiger partial charge in [0.2, 0.25) is 5.91 Å². The Bertz CT molecular complexity index is 558. The Morgan fingerprint density at radius 2 is 1.78 bits per heavy atom. The normalized spacial score (nSPS) is 18.7. The van der Waals surface area contributed by atoms with Crippen LogP contribution in [0.3, 0.4) is 0 Å². The minimum Gasteiger partial charge on any atom is -0.380 e. The summed E-state index contributed by atoms with van der Waals surface area (Å²) < 4.78 is 5.08. The number of hydrogen-bond donors (Lipinski definition) is 1. The molecule has 1 aliphatic carbocycles. The van der Waals surface area contributed by atoms with E-state index in [0.29, 0.717) is 25.3 Å². The largest absolute Gasteiger partial charge is 0.380 e. The molecule has 0 radical (unpaired) electrons. The molecule has 124 valence electrons. The van der Waals surface area contributed by atoms with Crippen LogP contribution in [0.4, 0.5) is 0 Å². The van der Waals surface area contributed by atoms with Crippen LogP contribution >= 0.6 is 0 Å². The van der Waals surface area contributed by atoms with Crippen molar-refractivity contribution in [3.63, 3.8) is 0 Å². The Morgan fingerprint density at radius 3 is 2.35 bits per heavy atom. The van der Waals surface area contributed by atoms with Crippen LogP contribution in [0.1, 0.15) is 41.6 Å². The van der Waals surface area contributed by atoms with Gasteiger partial charge in [0, 0.05) is 37.7 Å². The zero-order valence-electron chi connectivity index (χ0n) is 13.6. The van der Waals surface area contributed by atoms with Gasteiger partial charge in [-0.2, -0.15) is 0 Å². The Hall–Kier alpha value is -1.88. The molecule has 23 heavy (non-hydrogen) atoms. The molecule has 1 aromatic carbocycles. The van der Waals surface area contributed by atoms with Crippen molar-refractivity contribution in [2.24, 2.45) is 5.92 Å². The molecule has 0 unspecified atom stereocenters. The number of piperidine rings is 1. The van der Waals surface area contributed by atoms with Gasteiger partial charge < -0.3 is 15.0 Å². The van der Waals surface area contributed by atoms with Crippen LogP contribution < -0.4 is 5.32 Å². The molecule has 2 fully saturated rings. The number of nitrogens with zero attached hydrogens (tertiary/aromatic N) is 1. The Balaban J connectivity index is 1.50. The molecule has 1 aliphatic heterocycles. The smallest absolute Gasteiger partial charge is 0.253 e. The van der Waals surface area contributed by atoms with E-state index in [1.807, 2.05) is 29.2 Å². The molecule has 1 heterocycles. The van der Waals surface area contributed by atoms with Crippen molar-refractivity contribution < 1.29 is 14.3 Å². The molecular formula is C18H24N2O3. The topological polar surface area (TPSA) is 58.6 Å². The first-order valence-electron chi connectivity index (χ1n) is 8.35. The highest BCUT2D eigenvalue weighted by Crippen LogP contribution is 2.29. The number of methoxy groups -OCH3 is 1. The van der Waals surface area contributed by atoms with Gasteiger partial charge in [-0.3, -0.25) is 9.59 Å². The fraction of sp³-hybridized carbons (Fsp3) is 0.556. The third-order valence-corrected chi connectivity index (χ3v) is 4.59. The zero-order valence-corrected chi connectivity index (χ0v) is 13.6. The maximum atomic E-state index is 12.5. The fourth-order valence-electron chi connectivity index (χ4n) is 2.98. The number of ether oxygens (including phenoxy) is 1. The molecule has 1 aromatic rings. The van der Waals surface area contributed by atoms with Gasteiger partial charge in [-0.05, 0) is 43.4 Å². The maximum absolute atomic E-state index is 12.5. The van der Waals surface area contributed by atoms with Gasteiger partial charge in [0.25, 0.3) is 5.91 Å². The molecule has 5 heteroatoms. The van der Waals surface area contributed by atoms with Gasteiger partial charge in [0.05, 0.1) is 6.61 Å². The van der Waals surface area contributed by atoms with E-state index in [-0.39, 0.29) is 23.8 Å². The first kappa shape index (κ1) is 16.0. The van der Waals surface area contributed by atoms with Crippen molar-refractivity contribution in [3.05, 3.63) is 35.4 Å². The number of likely N-dealkylation sites (tertiary alicyclic amines) is 1. The predicted molar refractivity (Wildman–Crippen MR) is 86.9 cm³/mol. The Morgan fingerprint density at radius 1 is 1.13 bits per heavy atom. The lowest BCUT2D eigenvalue weighted by Crippen LogP contribution is -2.46. The van der Waals surface area contributed by atoms with Crippen molar-refractivity contribution in [1.82, 2.24) is 10.2 Å². The molecule has 0 bridgehead atoms. The molecule has 2 aliphatic rings. The summed E-state index contributed by atoms with van der Waals surface area (Å²) in [4.78, 5) is 26.2. The van der Waals surface area contributed by atoms with E-state index < -0.39 is 0 Å². The van der Waals surface area contributed by atoms with Gasteiger partial charge in [-0.15, -0.1) is 0 Å². The quantitative estimate of drug-likeness (QED) is 0.903. The first-order chi connectivity index (χ1) is 11.2. The van der Waals surface area contributed by atoms with Crippen molar-refractivity contribution in [2.75, 3.05) is 20.2 Å². The van der Waals surface area contributed by atoms with Gasteiger partial charge >= 0.3 is 0 Å². The zero-order chi connectivity index (χ0) is 16.2. The van der Waals surface area contributed by atoms with E-state index in [1.54, 1.807) is 7.11 Å². The first-order valence-corrected chi connectivity index (χ1v) is 8.35. The third kappa shape index (κ3) is 4.10. The lowest BCUT2D eigenvalue weighted by molar-refractivity contribution is -0.123.